The zero-order valence-electron chi connectivity index (χ0n) is 22.1. The van der Waals surface area contributed by atoms with Crippen LogP contribution in [0.1, 0.15) is 35.3 Å². The van der Waals surface area contributed by atoms with E-state index in [-0.39, 0.29) is 5.78 Å². The monoisotopic (exact) mass is 505 g/mol. The molecule has 1 aliphatic rings. The molecule has 0 amide bonds. The van der Waals surface area contributed by atoms with Gasteiger partial charge in [0.15, 0.2) is 29.3 Å². The minimum absolute atomic E-state index is 0.125. The number of Topliss-reactive ketones (excluding diaryl/α,β-unsaturated/α-hetero) is 1. The van der Waals surface area contributed by atoms with Crippen molar-refractivity contribution in [1.82, 2.24) is 0 Å². The number of hydrogen-bond acceptors (Lipinski definition) is 6. The molecule has 0 bridgehead atoms. The SMILES string of the molecule is COc1cccc([C@@H]2N(c3ccc(C)cc3)N=C(C(C)=O)N2c2ccc(C)cc2)c1OCc1ccccc1. The summed E-state index contributed by atoms with van der Waals surface area (Å²) in [6.07, 6.45) is -0.486. The predicted molar refractivity (Wildman–Crippen MR) is 152 cm³/mol. The standard InChI is InChI=1S/C32H31N3O3/c1-22-13-17-26(18-14-22)34-31(24(3)36)33-35(27-19-15-23(2)16-20-27)32(34)28-11-8-12-29(37-4)30(28)38-21-25-9-6-5-7-10-25/h5-20,32H,21H2,1-4H3/t32-/m0/s1. The molecule has 0 aromatic heterocycles. The number of amidine groups is 1. The summed E-state index contributed by atoms with van der Waals surface area (Å²) in [4.78, 5) is 14.9. The van der Waals surface area contributed by atoms with Crippen LogP contribution >= 0.6 is 0 Å². The molecule has 0 spiro atoms. The third-order valence-corrected chi connectivity index (χ3v) is 6.57. The van der Waals surface area contributed by atoms with Gasteiger partial charge in [0.1, 0.15) is 6.61 Å². The maximum atomic E-state index is 13.0. The summed E-state index contributed by atoms with van der Waals surface area (Å²) in [6, 6.07) is 32.1. The Labute approximate surface area is 223 Å². The second kappa shape index (κ2) is 10.8. The third-order valence-electron chi connectivity index (χ3n) is 6.57. The van der Waals surface area contributed by atoms with Gasteiger partial charge in [-0.25, -0.2) is 5.01 Å². The van der Waals surface area contributed by atoms with Crippen molar-refractivity contribution in [1.29, 1.82) is 0 Å². The quantitative estimate of drug-likeness (QED) is 0.263. The van der Waals surface area contributed by atoms with Crippen LogP contribution in [-0.4, -0.2) is 18.7 Å². The number of hydrazone groups is 1. The van der Waals surface area contributed by atoms with Crippen LogP contribution in [0.25, 0.3) is 0 Å². The lowest BCUT2D eigenvalue weighted by molar-refractivity contribution is -0.111. The van der Waals surface area contributed by atoms with Gasteiger partial charge in [0.2, 0.25) is 0 Å². The van der Waals surface area contributed by atoms with Crippen LogP contribution in [0.4, 0.5) is 11.4 Å². The first-order valence-corrected chi connectivity index (χ1v) is 12.6. The normalized spacial score (nSPS) is 14.8. The van der Waals surface area contributed by atoms with Gasteiger partial charge in [-0.1, -0.05) is 77.9 Å². The molecule has 0 unspecified atom stereocenters. The summed E-state index contributed by atoms with van der Waals surface area (Å²) in [5.74, 6) is 1.46. The first-order valence-electron chi connectivity index (χ1n) is 12.6. The Morgan fingerprint density at radius 3 is 2.05 bits per heavy atom. The first kappa shape index (κ1) is 25.1. The molecule has 1 heterocycles. The maximum Gasteiger partial charge on any atom is 0.198 e. The van der Waals surface area contributed by atoms with Crippen LogP contribution < -0.4 is 19.4 Å². The van der Waals surface area contributed by atoms with E-state index in [0.29, 0.717) is 23.9 Å². The molecule has 0 saturated carbocycles. The van der Waals surface area contributed by atoms with Crippen molar-refractivity contribution in [2.24, 2.45) is 5.10 Å². The number of rotatable bonds is 8. The number of anilines is 2. The second-order valence-electron chi connectivity index (χ2n) is 9.39. The molecule has 6 nitrogen and oxygen atoms in total. The van der Waals surface area contributed by atoms with Gasteiger partial charge in [-0.15, -0.1) is 5.10 Å². The van der Waals surface area contributed by atoms with Gasteiger partial charge < -0.3 is 9.47 Å². The highest BCUT2D eigenvalue weighted by Gasteiger charge is 2.41. The number of hydrogen-bond donors (Lipinski definition) is 0. The Bertz CT molecular complexity index is 1450. The fraction of sp³-hybridized carbons (Fsp3) is 0.188. The molecular weight excluding hydrogens is 474 g/mol. The number of carbonyl (C=O) groups is 1. The average Bonchev–Trinajstić information content (AvgIpc) is 3.34. The molecule has 0 radical (unpaired) electrons. The van der Waals surface area contributed by atoms with E-state index in [0.717, 1.165) is 33.6 Å². The van der Waals surface area contributed by atoms with Crippen LogP contribution in [-0.2, 0) is 11.4 Å². The van der Waals surface area contributed by atoms with Crippen molar-refractivity contribution < 1.29 is 14.3 Å². The minimum Gasteiger partial charge on any atom is -0.493 e. The highest BCUT2D eigenvalue weighted by Crippen LogP contribution is 2.45. The maximum absolute atomic E-state index is 13.0. The van der Waals surface area contributed by atoms with Gasteiger partial charge in [-0.3, -0.25) is 9.69 Å². The van der Waals surface area contributed by atoms with Crippen molar-refractivity contribution in [2.45, 2.75) is 33.5 Å². The molecule has 0 N–H and O–H groups in total. The van der Waals surface area contributed by atoms with E-state index in [4.69, 9.17) is 14.6 Å². The van der Waals surface area contributed by atoms with Gasteiger partial charge in [-0.2, -0.15) is 0 Å². The van der Waals surface area contributed by atoms with E-state index in [9.17, 15) is 4.79 Å². The second-order valence-corrected chi connectivity index (χ2v) is 9.39. The lowest BCUT2D eigenvalue weighted by Gasteiger charge is -2.33. The molecule has 6 heteroatoms. The van der Waals surface area contributed by atoms with Gasteiger partial charge in [0.25, 0.3) is 0 Å². The van der Waals surface area contributed by atoms with Crippen molar-refractivity contribution >= 4 is 23.0 Å². The molecule has 0 fully saturated rings. The van der Waals surface area contributed by atoms with Gasteiger partial charge in [0, 0.05) is 18.2 Å². The smallest absolute Gasteiger partial charge is 0.198 e. The Morgan fingerprint density at radius 2 is 1.45 bits per heavy atom. The summed E-state index contributed by atoms with van der Waals surface area (Å²) < 4.78 is 12.2. The molecule has 4 aromatic rings. The van der Waals surface area contributed by atoms with Crippen molar-refractivity contribution in [3.63, 3.8) is 0 Å². The van der Waals surface area contributed by atoms with Crippen LogP contribution in [0.2, 0.25) is 0 Å². The van der Waals surface area contributed by atoms with Crippen molar-refractivity contribution in [3.8, 4) is 11.5 Å². The summed E-state index contributed by atoms with van der Waals surface area (Å²) in [7, 11) is 1.64. The van der Waals surface area contributed by atoms with Gasteiger partial charge in [0.05, 0.1) is 12.8 Å². The van der Waals surface area contributed by atoms with E-state index >= 15 is 0 Å². The fourth-order valence-corrected chi connectivity index (χ4v) is 4.59. The van der Waals surface area contributed by atoms with Crippen LogP contribution in [0, 0.1) is 13.8 Å². The van der Waals surface area contributed by atoms with E-state index in [1.54, 1.807) is 14.0 Å². The molecule has 38 heavy (non-hydrogen) atoms. The number of nitrogens with zero attached hydrogens (tertiary/aromatic N) is 3. The van der Waals surface area contributed by atoms with Gasteiger partial charge >= 0.3 is 0 Å². The Kier molecular flexibility index (Phi) is 7.13. The third kappa shape index (κ3) is 4.98. The van der Waals surface area contributed by atoms with E-state index < -0.39 is 6.17 Å². The molecule has 0 saturated heterocycles. The number of ether oxygens (including phenoxy) is 2. The topological polar surface area (TPSA) is 54.4 Å². The van der Waals surface area contributed by atoms with E-state index in [2.05, 4.69) is 0 Å². The number of benzene rings is 4. The zero-order valence-corrected chi connectivity index (χ0v) is 22.1. The molecule has 4 aromatic carbocycles. The number of carbonyl (C=O) groups excluding carboxylic acids is 1. The summed E-state index contributed by atoms with van der Waals surface area (Å²) in [5.41, 5.74) is 5.88. The molecule has 0 aliphatic carbocycles. The van der Waals surface area contributed by atoms with Crippen molar-refractivity contribution in [3.05, 3.63) is 119 Å². The van der Waals surface area contributed by atoms with E-state index in [1.807, 2.05) is 121 Å². The van der Waals surface area contributed by atoms with Crippen molar-refractivity contribution in [2.75, 3.05) is 17.0 Å². The van der Waals surface area contributed by atoms with Gasteiger partial charge in [-0.05, 0) is 49.7 Å². The minimum atomic E-state index is -0.486. The fourth-order valence-electron chi connectivity index (χ4n) is 4.59. The first-order chi connectivity index (χ1) is 18.5. The number of ketones is 1. The Morgan fingerprint density at radius 1 is 0.816 bits per heavy atom. The van der Waals surface area contributed by atoms with Crippen LogP contribution in [0.5, 0.6) is 11.5 Å². The Balaban J connectivity index is 1.68. The molecular formula is C32H31N3O3. The molecule has 1 aliphatic heterocycles. The number of para-hydroxylation sites is 1. The molecule has 192 valence electrons. The predicted octanol–water partition coefficient (Wildman–Crippen LogP) is 6.82. The molecule has 1 atom stereocenters. The van der Waals surface area contributed by atoms with Crippen LogP contribution in [0.15, 0.2) is 102 Å². The lowest BCUT2D eigenvalue weighted by Crippen LogP contribution is -2.38. The molecule has 5 rings (SSSR count). The highest BCUT2D eigenvalue weighted by atomic mass is 16.5. The largest absolute Gasteiger partial charge is 0.493 e. The van der Waals surface area contributed by atoms with E-state index in [1.165, 1.54) is 0 Å². The number of methoxy groups -OCH3 is 1. The summed E-state index contributed by atoms with van der Waals surface area (Å²) in [5, 5.41) is 6.76. The lowest BCUT2D eigenvalue weighted by atomic mass is 10.1. The van der Waals surface area contributed by atoms with Crippen LogP contribution in [0.3, 0.4) is 0 Å². The zero-order chi connectivity index (χ0) is 26.6. The average molecular weight is 506 g/mol. The summed E-state index contributed by atoms with van der Waals surface area (Å²) in [6.45, 7) is 6.01. The number of aryl methyl sites for hydroxylation is 2. The Hall–Kier alpha value is -4.58. The highest BCUT2D eigenvalue weighted by molar-refractivity contribution is 6.44. The summed E-state index contributed by atoms with van der Waals surface area (Å²) >= 11 is 0.